The SMILES string of the molecule is C=c1[nH]c2c(c1C1=CC=CC1)C1=C(C=2)[Si]1(C)C. The fraction of sp³-hybridized carbons (Fsp3) is 0.200. The van der Waals surface area contributed by atoms with E-state index in [0.717, 1.165) is 11.8 Å². The molecule has 0 amide bonds. The minimum absolute atomic E-state index is 1.05. The first kappa shape index (κ1) is 9.48. The summed E-state index contributed by atoms with van der Waals surface area (Å²) >= 11 is 0. The van der Waals surface area contributed by atoms with Crippen LogP contribution in [-0.2, 0) is 0 Å². The maximum absolute atomic E-state index is 4.18. The number of hydrogen-bond acceptors (Lipinski definition) is 0. The highest BCUT2D eigenvalue weighted by atomic mass is 28.3. The molecule has 1 aliphatic heterocycles. The van der Waals surface area contributed by atoms with Crippen molar-refractivity contribution in [2.24, 2.45) is 0 Å². The van der Waals surface area contributed by atoms with Crippen LogP contribution in [-0.4, -0.2) is 13.1 Å². The number of aromatic amines is 1. The number of aromatic nitrogens is 1. The fourth-order valence-corrected chi connectivity index (χ4v) is 6.60. The van der Waals surface area contributed by atoms with Crippen molar-refractivity contribution in [2.75, 3.05) is 0 Å². The Morgan fingerprint density at radius 2 is 2.12 bits per heavy atom. The third kappa shape index (κ3) is 0.996. The molecule has 2 heterocycles. The Kier molecular flexibility index (Phi) is 1.48. The van der Waals surface area contributed by atoms with E-state index in [1.54, 1.807) is 10.4 Å². The summed E-state index contributed by atoms with van der Waals surface area (Å²) < 4.78 is 0. The molecule has 0 aromatic carbocycles. The van der Waals surface area contributed by atoms with Gasteiger partial charge < -0.3 is 4.98 Å². The van der Waals surface area contributed by atoms with Gasteiger partial charge in [0, 0.05) is 21.8 Å². The second-order valence-corrected chi connectivity index (χ2v) is 9.94. The fourth-order valence-electron chi connectivity index (χ4n) is 3.27. The molecule has 1 nitrogen and oxygen atoms in total. The molecular weight excluding hydrogens is 222 g/mol. The zero-order valence-electron chi connectivity index (χ0n) is 10.2. The highest BCUT2D eigenvalue weighted by Gasteiger charge is 2.50. The lowest BCUT2D eigenvalue weighted by atomic mass is 10.0. The Morgan fingerprint density at radius 1 is 1.29 bits per heavy atom. The third-order valence-electron chi connectivity index (χ3n) is 4.24. The van der Waals surface area contributed by atoms with Gasteiger partial charge in [-0.25, -0.2) is 0 Å². The maximum atomic E-state index is 4.18. The molecular formula is C15H15NSi. The number of H-pyrrole nitrogens is 1. The highest BCUT2D eigenvalue weighted by molar-refractivity contribution is 7.14. The van der Waals surface area contributed by atoms with E-state index < -0.39 is 8.07 Å². The first-order valence-electron chi connectivity index (χ1n) is 6.15. The van der Waals surface area contributed by atoms with Gasteiger partial charge in [-0.05, 0) is 23.3 Å². The van der Waals surface area contributed by atoms with Gasteiger partial charge in [-0.2, -0.15) is 0 Å². The van der Waals surface area contributed by atoms with E-state index in [1.165, 1.54) is 22.0 Å². The molecule has 0 fully saturated rings. The molecule has 17 heavy (non-hydrogen) atoms. The van der Waals surface area contributed by atoms with Crippen molar-refractivity contribution in [3.05, 3.63) is 45.2 Å². The zero-order chi connectivity index (χ0) is 11.8. The lowest BCUT2D eigenvalue weighted by molar-refractivity contribution is 1.27. The van der Waals surface area contributed by atoms with Crippen LogP contribution in [0.1, 0.15) is 17.5 Å². The van der Waals surface area contributed by atoms with Crippen LogP contribution in [0.25, 0.3) is 23.4 Å². The minimum atomic E-state index is -1.15. The Bertz CT molecular complexity index is 754. The number of allylic oxidation sites excluding steroid dienone is 5. The molecule has 0 saturated carbocycles. The van der Waals surface area contributed by atoms with E-state index in [9.17, 15) is 0 Å². The van der Waals surface area contributed by atoms with Crippen molar-refractivity contribution in [3.8, 4) is 0 Å². The quantitative estimate of drug-likeness (QED) is 0.720. The number of fused-ring (bicyclic) bond motifs is 2. The van der Waals surface area contributed by atoms with E-state index in [4.69, 9.17) is 0 Å². The molecule has 2 heteroatoms. The molecule has 0 saturated heterocycles. The summed E-state index contributed by atoms with van der Waals surface area (Å²) in [7, 11) is -1.15. The van der Waals surface area contributed by atoms with Gasteiger partial charge in [-0.15, -0.1) is 0 Å². The molecule has 0 atom stereocenters. The van der Waals surface area contributed by atoms with Crippen molar-refractivity contribution >= 4 is 31.5 Å². The van der Waals surface area contributed by atoms with Gasteiger partial charge in [0.2, 0.25) is 0 Å². The van der Waals surface area contributed by atoms with Crippen LogP contribution in [0.5, 0.6) is 0 Å². The summed E-state index contributed by atoms with van der Waals surface area (Å²) in [5.74, 6) is 0. The molecule has 1 aromatic rings. The summed E-state index contributed by atoms with van der Waals surface area (Å²) in [6.45, 7) is 9.06. The molecule has 0 spiro atoms. The van der Waals surface area contributed by atoms with Gasteiger partial charge in [0.05, 0.1) is 0 Å². The van der Waals surface area contributed by atoms with Gasteiger partial charge >= 0.3 is 0 Å². The van der Waals surface area contributed by atoms with Crippen molar-refractivity contribution in [1.82, 2.24) is 4.98 Å². The molecule has 0 bridgehead atoms. The van der Waals surface area contributed by atoms with Crippen LogP contribution >= 0.6 is 0 Å². The molecule has 1 aromatic heterocycles. The Morgan fingerprint density at radius 3 is 2.82 bits per heavy atom. The largest absolute Gasteiger partial charge is 0.355 e. The maximum Gasteiger partial charge on any atom is 0.113 e. The second kappa shape index (κ2) is 2.65. The molecule has 0 radical (unpaired) electrons. The van der Waals surface area contributed by atoms with Crippen molar-refractivity contribution in [2.45, 2.75) is 19.5 Å². The smallest absolute Gasteiger partial charge is 0.113 e. The van der Waals surface area contributed by atoms with Crippen molar-refractivity contribution in [1.29, 1.82) is 0 Å². The van der Waals surface area contributed by atoms with Crippen molar-refractivity contribution in [3.63, 3.8) is 0 Å². The van der Waals surface area contributed by atoms with Crippen LogP contribution in [0.15, 0.2) is 23.4 Å². The molecule has 2 aliphatic carbocycles. The predicted molar refractivity (Wildman–Crippen MR) is 76.2 cm³/mol. The van der Waals surface area contributed by atoms with E-state index in [1.807, 2.05) is 0 Å². The summed E-state index contributed by atoms with van der Waals surface area (Å²) in [5, 5.41) is 5.70. The van der Waals surface area contributed by atoms with Gasteiger partial charge in [0.1, 0.15) is 8.07 Å². The van der Waals surface area contributed by atoms with E-state index >= 15 is 0 Å². The van der Waals surface area contributed by atoms with Crippen LogP contribution < -0.4 is 10.7 Å². The lowest BCUT2D eigenvalue weighted by Gasteiger charge is -2.08. The second-order valence-electron chi connectivity index (χ2n) is 5.65. The summed E-state index contributed by atoms with van der Waals surface area (Å²) in [6, 6.07) is 0. The lowest BCUT2D eigenvalue weighted by Crippen LogP contribution is -2.18. The number of hydrogen-bond donors (Lipinski definition) is 1. The van der Waals surface area contributed by atoms with Crippen LogP contribution in [0.2, 0.25) is 13.1 Å². The van der Waals surface area contributed by atoms with Crippen LogP contribution in [0.4, 0.5) is 0 Å². The van der Waals surface area contributed by atoms with E-state index in [2.05, 4.69) is 49.0 Å². The van der Waals surface area contributed by atoms with Gasteiger partial charge in [0.15, 0.2) is 0 Å². The summed E-state index contributed by atoms with van der Waals surface area (Å²) in [5.41, 5.74) is 4.28. The monoisotopic (exact) mass is 237 g/mol. The standard InChI is InChI=1S/C15H15NSi/c1-9-13(10-6-4-5-7-10)14-11(16-9)8-12-15(14)17(12,2)3/h4-6,8,16H,1,7H2,2-3H3. The van der Waals surface area contributed by atoms with Gasteiger partial charge in [-0.3, -0.25) is 0 Å². The minimum Gasteiger partial charge on any atom is -0.355 e. The highest BCUT2D eigenvalue weighted by Crippen LogP contribution is 2.52. The van der Waals surface area contributed by atoms with Gasteiger partial charge in [-0.1, -0.05) is 43.1 Å². The number of rotatable bonds is 1. The van der Waals surface area contributed by atoms with Crippen LogP contribution in [0, 0.1) is 0 Å². The Balaban J connectivity index is 1.98. The molecule has 1 N–H and O–H groups in total. The predicted octanol–water partition coefficient (Wildman–Crippen LogP) is 2.12. The molecule has 3 aliphatic rings. The number of nitrogens with one attached hydrogen (secondary N) is 1. The van der Waals surface area contributed by atoms with Crippen LogP contribution in [0.3, 0.4) is 0 Å². The van der Waals surface area contributed by atoms with Gasteiger partial charge in [0.25, 0.3) is 0 Å². The Labute approximate surface area is 102 Å². The third-order valence-corrected chi connectivity index (χ3v) is 7.50. The van der Waals surface area contributed by atoms with Crippen molar-refractivity contribution < 1.29 is 0 Å². The summed E-state index contributed by atoms with van der Waals surface area (Å²) in [6.07, 6.45) is 10.0. The first-order valence-corrected chi connectivity index (χ1v) is 9.15. The molecule has 4 rings (SSSR count). The Hall–Kier alpha value is -1.54. The average molecular weight is 237 g/mol. The van der Waals surface area contributed by atoms with E-state index in [0.29, 0.717) is 0 Å². The molecule has 84 valence electrons. The zero-order valence-corrected chi connectivity index (χ0v) is 11.2. The van der Waals surface area contributed by atoms with E-state index in [-0.39, 0.29) is 0 Å². The normalized spacial score (nSPS) is 22.4. The average Bonchev–Trinajstić information content (AvgIpc) is 2.76. The topological polar surface area (TPSA) is 15.8 Å². The summed E-state index contributed by atoms with van der Waals surface area (Å²) in [4.78, 5) is 3.45. The molecule has 0 unspecified atom stereocenters. The first-order chi connectivity index (χ1) is 8.10.